The summed E-state index contributed by atoms with van der Waals surface area (Å²) in [6, 6.07) is 8.16. The summed E-state index contributed by atoms with van der Waals surface area (Å²) in [6.07, 6.45) is 1.62. The maximum Gasteiger partial charge on any atom is 0.268 e. The van der Waals surface area contributed by atoms with Gasteiger partial charge in [-0.25, -0.2) is 4.39 Å². The van der Waals surface area contributed by atoms with Crippen molar-refractivity contribution in [2.75, 3.05) is 11.1 Å². The van der Waals surface area contributed by atoms with E-state index in [4.69, 9.17) is 5.73 Å². The van der Waals surface area contributed by atoms with Crippen molar-refractivity contribution in [2.24, 2.45) is 0 Å². The predicted molar refractivity (Wildman–Crippen MR) is 83.1 cm³/mol. The first-order valence-corrected chi connectivity index (χ1v) is 7.08. The first-order valence-electron chi connectivity index (χ1n) is 6.27. The van der Waals surface area contributed by atoms with Crippen LogP contribution in [-0.2, 0) is 0 Å². The first kappa shape index (κ1) is 13.5. The monoisotopic (exact) mass is 301 g/mol. The van der Waals surface area contributed by atoms with Crippen LogP contribution in [-0.4, -0.2) is 10.9 Å². The van der Waals surface area contributed by atoms with Crippen molar-refractivity contribution in [1.82, 2.24) is 4.98 Å². The number of amides is 1. The van der Waals surface area contributed by atoms with Crippen molar-refractivity contribution >= 4 is 38.8 Å². The lowest BCUT2D eigenvalue weighted by atomic mass is 10.2. The second-order valence-corrected chi connectivity index (χ2v) is 5.68. The van der Waals surface area contributed by atoms with Crippen molar-refractivity contribution in [3.8, 4) is 0 Å². The second-order valence-electron chi connectivity index (χ2n) is 4.63. The van der Waals surface area contributed by atoms with E-state index in [1.807, 2.05) is 13.0 Å². The molecule has 2 aromatic heterocycles. The predicted octanol–water partition coefficient (Wildman–Crippen LogP) is 3.58. The third-order valence-electron chi connectivity index (χ3n) is 3.06. The van der Waals surface area contributed by atoms with Crippen LogP contribution in [0.15, 0.2) is 36.5 Å². The van der Waals surface area contributed by atoms with Crippen LogP contribution in [0.4, 0.5) is 15.8 Å². The van der Waals surface area contributed by atoms with Crippen LogP contribution in [0.25, 0.3) is 10.2 Å². The van der Waals surface area contributed by atoms with Crippen molar-refractivity contribution in [2.45, 2.75) is 6.92 Å². The van der Waals surface area contributed by atoms with Crippen molar-refractivity contribution in [3.05, 3.63) is 52.8 Å². The van der Waals surface area contributed by atoms with Crippen LogP contribution in [0, 0.1) is 12.7 Å². The normalized spacial score (nSPS) is 10.8. The number of hydrogen-bond donors (Lipinski definition) is 2. The highest BCUT2D eigenvalue weighted by Gasteiger charge is 2.18. The number of aryl methyl sites for hydroxylation is 1. The summed E-state index contributed by atoms with van der Waals surface area (Å²) in [4.78, 5) is 16.8. The van der Waals surface area contributed by atoms with E-state index in [2.05, 4.69) is 10.3 Å². The zero-order valence-corrected chi connectivity index (χ0v) is 12.0. The van der Waals surface area contributed by atoms with E-state index in [-0.39, 0.29) is 5.69 Å². The van der Waals surface area contributed by atoms with Gasteiger partial charge in [0.15, 0.2) is 0 Å². The van der Waals surface area contributed by atoms with E-state index >= 15 is 0 Å². The molecule has 106 valence electrons. The zero-order valence-electron chi connectivity index (χ0n) is 11.2. The number of carbonyl (C=O) groups excluding carboxylic acids is 1. The van der Waals surface area contributed by atoms with Gasteiger partial charge < -0.3 is 11.1 Å². The lowest BCUT2D eigenvalue weighted by molar-refractivity contribution is 0.103. The number of hydrogen-bond acceptors (Lipinski definition) is 4. The average Bonchev–Trinajstić information content (AvgIpc) is 2.81. The number of pyridine rings is 1. The largest absolute Gasteiger partial charge is 0.396 e. The molecule has 0 unspecified atom stereocenters. The Bertz CT molecular complexity index is 844. The van der Waals surface area contributed by atoms with Crippen LogP contribution >= 0.6 is 11.3 Å². The number of thiophene rings is 1. The van der Waals surface area contributed by atoms with Gasteiger partial charge in [0.1, 0.15) is 16.2 Å². The van der Waals surface area contributed by atoms with Crippen LogP contribution in [0.3, 0.4) is 0 Å². The molecule has 3 aromatic rings. The minimum Gasteiger partial charge on any atom is -0.396 e. The molecule has 0 aliphatic carbocycles. The topological polar surface area (TPSA) is 68.0 Å². The van der Waals surface area contributed by atoms with Gasteiger partial charge in [-0.2, -0.15) is 0 Å². The molecule has 0 radical (unpaired) electrons. The Morgan fingerprint density at radius 2 is 2.19 bits per heavy atom. The second kappa shape index (κ2) is 5.14. The number of fused-ring (bicyclic) bond motifs is 1. The molecule has 3 rings (SSSR count). The average molecular weight is 301 g/mol. The molecule has 0 aliphatic rings. The number of nitrogens with two attached hydrogens (primary N) is 1. The Kier molecular flexibility index (Phi) is 3.31. The zero-order chi connectivity index (χ0) is 15.0. The Labute approximate surface area is 124 Å². The van der Waals surface area contributed by atoms with Gasteiger partial charge in [-0.05, 0) is 36.8 Å². The van der Waals surface area contributed by atoms with Crippen LogP contribution in [0.2, 0.25) is 0 Å². The van der Waals surface area contributed by atoms with Gasteiger partial charge >= 0.3 is 0 Å². The molecule has 0 aliphatic heterocycles. The molecule has 0 saturated carbocycles. The minimum atomic E-state index is -0.480. The summed E-state index contributed by atoms with van der Waals surface area (Å²) in [5.41, 5.74) is 7.87. The number of aromatic nitrogens is 1. The fourth-order valence-electron chi connectivity index (χ4n) is 2.03. The van der Waals surface area contributed by atoms with E-state index in [1.165, 1.54) is 17.4 Å². The molecular weight excluding hydrogens is 289 g/mol. The Morgan fingerprint density at radius 1 is 1.38 bits per heavy atom. The van der Waals surface area contributed by atoms with Gasteiger partial charge in [-0.15, -0.1) is 11.3 Å². The van der Waals surface area contributed by atoms with E-state index in [1.54, 1.807) is 24.4 Å². The van der Waals surface area contributed by atoms with Crippen molar-refractivity contribution in [1.29, 1.82) is 0 Å². The van der Waals surface area contributed by atoms with Gasteiger partial charge in [0.2, 0.25) is 0 Å². The number of carbonyl (C=O) groups is 1. The number of anilines is 2. The third kappa shape index (κ3) is 2.45. The van der Waals surface area contributed by atoms with Crippen LogP contribution in [0.5, 0.6) is 0 Å². The lowest BCUT2D eigenvalue weighted by Crippen LogP contribution is -2.13. The highest BCUT2D eigenvalue weighted by Crippen LogP contribution is 2.32. The minimum absolute atomic E-state index is 0.143. The summed E-state index contributed by atoms with van der Waals surface area (Å²) in [5, 5.41) is 2.56. The van der Waals surface area contributed by atoms with E-state index in [0.29, 0.717) is 16.1 Å². The summed E-state index contributed by atoms with van der Waals surface area (Å²) >= 11 is 1.24. The number of rotatable bonds is 2. The summed E-state index contributed by atoms with van der Waals surface area (Å²) in [7, 11) is 0. The number of nitrogens with zero attached hydrogens (tertiary/aromatic N) is 1. The highest BCUT2D eigenvalue weighted by molar-refractivity contribution is 7.21. The lowest BCUT2D eigenvalue weighted by Gasteiger charge is -2.06. The molecule has 1 aromatic carbocycles. The maximum atomic E-state index is 13.7. The van der Waals surface area contributed by atoms with Crippen molar-refractivity contribution in [3.63, 3.8) is 0 Å². The summed E-state index contributed by atoms with van der Waals surface area (Å²) < 4.78 is 14.5. The van der Waals surface area contributed by atoms with Gasteiger partial charge in [-0.1, -0.05) is 6.07 Å². The fraction of sp³-hybridized carbons (Fsp3) is 0.0667. The summed E-state index contributed by atoms with van der Waals surface area (Å²) in [6.45, 7) is 1.83. The molecule has 0 saturated heterocycles. The van der Waals surface area contributed by atoms with Crippen LogP contribution in [0.1, 0.15) is 15.2 Å². The molecule has 1 amide bonds. The summed E-state index contributed by atoms with van der Waals surface area (Å²) in [5.74, 6) is -0.910. The number of nitrogen functional groups attached to an aromatic ring is 1. The molecule has 6 heteroatoms. The van der Waals surface area contributed by atoms with E-state index in [0.717, 1.165) is 10.3 Å². The number of nitrogens with one attached hydrogen (secondary N) is 1. The molecule has 2 heterocycles. The fourth-order valence-corrected chi connectivity index (χ4v) is 3.01. The van der Waals surface area contributed by atoms with Gasteiger partial charge in [0.05, 0.1) is 16.1 Å². The van der Waals surface area contributed by atoms with Crippen LogP contribution < -0.4 is 11.1 Å². The highest BCUT2D eigenvalue weighted by atomic mass is 32.1. The molecular formula is C15H12FN3OS. The standard InChI is InChI=1S/C15H12FN3OS/c1-8-4-5-9(16)10(7-8)19-15(20)14-12(17)13-11(21-14)3-2-6-18-13/h2-7H,17H2,1H3,(H,19,20). The molecule has 4 nitrogen and oxygen atoms in total. The van der Waals surface area contributed by atoms with Gasteiger partial charge in [0, 0.05) is 6.20 Å². The molecule has 0 atom stereocenters. The molecule has 0 spiro atoms. The Balaban J connectivity index is 1.97. The third-order valence-corrected chi connectivity index (χ3v) is 4.22. The quantitative estimate of drug-likeness (QED) is 0.760. The molecule has 0 bridgehead atoms. The molecule has 3 N–H and O–H groups in total. The Morgan fingerprint density at radius 3 is 2.95 bits per heavy atom. The SMILES string of the molecule is Cc1ccc(F)c(NC(=O)c2sc3cccnc3c2N)c1. The van der Waals surface area contributed by atoms with Gasteiger partial charge in [-0.3, -0.25) is 9.78 Å². The number of halogens is 1. The van der Waals surface area contributed by atoms with Crippen molar-refractivity contribution < 1.29 is 9.18 Å². The maximum absolute atomic E-state index is 13.7. The number of benzene rings is 1. The Hall–Kier alpha value is -2.47. The molecule has 21 heavy (non-hydrogen) atoms. The first-order chi connectivity index (χ1) is 10.1. The van der Waals surface area contributed by atoms with E-state index < -0.39 is 11.7 Å². The smallest absolute Gasteiger partial charge is 0.268 e. The van der Waals surface area contributed by atoms with E-state index in [9.17, 15) is 9.18 Å². The molecule has 0 fully saturated rings. The van der Waals surface area contributed by atoms with Gasteiger partial charge in [0.25, 0.3) is 5.91 Å².